The van der Waals surface area contributed by atoms with Crippen LogP contribution in [0.4, 0.5) is 5.69 Å². The van der Waals surface area contributed by atoms with E-state index in [-0.39, 0.29) is 11.9 Å². The average molecular weight is 297 g/mol. The molecule has 0 saturated carbocycles. The maximum atomic E-state index is 9.73. The highest BCUT2D eigenvalue weighted by Crippen LogP contribution is 2.36. The lowest BCUT2D eigenvalue weighted by Crippen LogP contribution is -2.41. The SMILES string of the molecule is CCCCN1CC(Cc2ccccc2)Oc2cc(O)ccc21. The fraction of sp³-hybridized carbons (Fsp3) is 0.368. The molecule has 0 aromatic heterocycles. The lowest BCUT2D eigenvalue weighted by atomic mass is 10.0. The molecule has 2 aromatic rings. The van der Waals surface area contributed by atoms with Crippen molar-refractivity contribution in [3.05, 3.63) is 54.1 Å². The molecule has 116 valence electrons. The summed E-state index contributed by atoms with van der Waals surface area (Å²) in [6.45, 7) is 4.13. The first kappa shape index (κ1) is 14.8. The van der Waals surface area contributed by atoms with E-state index in [1.54, 1.807) is 12.1 Å². The van der Waals surface area contributed by atoms with E-state index in [4.69, 9.17) is 4.74 Å². The zero-order chi connectivity index (χ0) is 15.4. The van der Waals surface area contributed by atoms with Gasteiger partial charge in [-0.3, -0.25) is 0 Å². The number of phenols is 1. The number of hydrogen-bond donors (Lipinski definition) is 1. The number of benzene rings is 2. The Morgan fingerprint density at radius 2 is 2.00 bits per heavy atom. The molecule has 3 heteroatoms. The van der Waals surface area contributed by atoms with Crippen molar-refractivity contribution in [3.8, 4) is 11.5 Å². The van der Waals surface area contributed by atoms with Gasteiger partial charge in [0.25, 0.3) is 0 Å². The Hall–Kier alpha value is -2.16. The quantitative estimate of drug-likeness (QED) is 0.905. The predicted molar refractivity (Wildman–Crippen MR) is 89.8 cm³/mol. The maximum Gasteiger partial charge on any atom is 0.146 e. The Labute approximate surface area is 132 Å². The van der Waals surface area contributed by atoms with Crippen LogP contribution < -0.4 is 9.64 Å². The number of hydrogen-bond acceptors (Lipinski definition) is 3. The second kappa shape index (κ2) is 6.73. The fourth-order valence-electron chi connectivity index (χ4n) is 2.96. The first-order valence-electron chi connectivity index (χ1n) is 8.05. The van der Waals surface area contributed by atoms with E-state index >= 15 is 0 Å². The molecule has 1 heterocycles. The topological polar surface area (TPSA) is 32.7 Å². The molecule has 22 heavy (non-hydrogen) atoms. The van der Waals surface area contributed by atoms with Gasteiger partial charge >= 0.3 is 0 Å². The minimum Gasteiger partial charge on any atom is -0.508 e. The monoisotopic (exact) mass is 297 g/mol. The highest BCUT2D eigenvalue weighted by Gasteiger charge is 2.25. The Kier molecular flexibility index (Phi) is 4.52. The van der Waals surface area contributed by atoms with Gasteiger partial charge in [0, 0.05) is 19.0 Å². The van der Waals surface area contributed by atoms with E-state index in [0.717, 1.165) is 30.9 Å². The van der Waals surface area contributed by atoms with Gasteiger partial charge in [0.2, 0.25) is 0 Å². The smallest absolute Gasteiger partial charge is 0.146 e. The number of rotatable bonds is 5. The Morgan fingerprint density at radius 3 is 2.77 bits per heavy atom. The largest absolute Gasteiger partial charge is 0.508 e. The number of fused-ring (bicyclic) bond motifs is 1. The van der Waals surface area contributed by atoms with Gasteiger partial charge in [-0.2, -0.15) is 0 Å². The van der Waals surface area contributed by atoms with Gasteiger partial charge in [-0.1, -0.05) is 43.7 Å². The lowest BCUT2D eigenvalue weighted by molar-refractivity contribution is 0.192. The normalized spacial score (nSPS) is 17.0. The zero-order valence-corrected chi connectivity index (χ0v) is 13.0. The molecule has 0 radical (unpaired) electrons. The predicted octanol–water partition coefficient (Wildman–Crippen LogP) is 4.00. The molecular formula is C19H23NO2. The Morgan fingerprint density at radius 1 is 1.18 bits per heavy atom. The summed E-state index contributed by atoms with van der Waals surface area (Å²) in [4.78, 5) is 2.38. The van der Waals surface area contributed by atoms with Gasteiger partial charge in [-0.15, -0.1) is 0 Å². The van der Waals surface area contributed by atoms with Crippen molar-refractivity contribution in [1.29, 1.82) is 0 Å². The molecule has 0 saturated heterocycles. The minimum atomic E-state index is 0.119. The third-order valence-corrected chi connectivity index (χ3v) is 4.09. The van der Waals surface area contributed by atoms with Crippen LogP contribution in [0.2, 0.25) is 0 Å². The van der Waals surface area contributed by atoms with Crippen LogP contribution in [0, 0.1) is 0 Å². The van der Waals surface area contributed by atoms with Crippen molar-refractivity contribution in [2.24, 2.45) is 0 Å². The maximum absolute atomic E-state index is 9.73. The molecule has 3 nitrogen and oxygen atoms in total. The number of aromatic hydroxyl groups is 1. The van der Waals surface area contributed by atoms with Crippen LogP contribution in [0.5, 0.6) is 11.5 Å². The molecule has 1 N–H and O–H groups in total. The van der Waals surface area contributed by atoms with Crippen LogP contribution in [-0.2, 0) is 6.42 Å². The van der Waals surface area contributed by atoms with Gasteiger partial charge in [0.15, 0.2) is 0 Å². The molecule has 1 aliphatic heterocycles. The molecule has 3 rings (SSSR count). The minimum absolute atomic E-state index is 0.119. The zero-order valence-electron chi connectivity index (χ0n) is 13.0. The fourth-order valence-corrected chi connectivity index (χ4v) is 2.96. The van der Waals surface area contributed by atoms with Gasteiger partial charge in [-0.05, 0) is 24.1 Å². The summed E-state index contributed by atoms with van der Waals surface area (Å²) in [6, 6.07) is 15.9. The summed E-state index contributed by atoms with van der Waals surface area (Å²) >= 11 is 0. The lowest BCUT2D eigenvalue weighted by Gasteiger charge is -2.36. The number of phenolic OH excluding ortho intramolecular Hbond substituents is 1. The number of nitrogens with zero attached hydrogens (tertiary/aromatic N) is 1. The number of unbranched alkanes of at least 4 members (excludes halogenated alkanes) is 1. The van der Waals surface area contributed by atoms with E-state index in [9.17, 15) is 5.11 Å². The second-order valence-corrected chi connectivity index (χ2v) is 5.88. The van der Waals surface area contributed by atoms with E-state index in [1.807, 2.05) is 12.1 Å². The first-order chi connectivity index (χ1) is 10.8. The third kappa shape index (κ3) is 3.35. The number of ether oxygens (including phenoxy) is 1. The summed E-state index contributed by atoms with van der Waals surface area (Å²) < 4.78 is 6.13. The second-order valence-electron chi connectivity index (χ2n) is 5.88. The van der Waals surface area contributed by atoms with Crippen molar-refractivity contribution in [2.75, 3.05) is 18.0 Å². The molecule has 1 unspecified atom stereocenters. The molecule has 0 fully saturated rings. The molecule has 2 aromatic carbocycles. The Bertz CT molecular complexity index is 612. The van der Waals surface area contributed by atoms with Crippen LogP contribution >= 0.6 is 0 Å². The van der Waals surface area contributed by atoms with E-state index in [0.29, 0.717) is 0 Å². The van der Waals surface area contributed by atoms with Crippen molar-refractivity contribution < 1.29 is 9.84 Å². The van der Waals surface area contributed by atoms with E-state index in [1.165, 1.54) is 18.4 Å². The van der Waals surface area contributed by atoms with Crippen LogP contribution in [-0.4, -0.2) is 24.3 Å². The van der Waals surface area contributed by atoms with Gasteiger partial charge < -0.3 is 14.7 Å². The highest BCUT2D eigenvalue weighted by atomic mass is 16.5. The number of anilines is 1. The standard InChI is InChI=1S/C19H23NO2/c1-2-3-11-20-14-17(12-15-7-5-4-6-8-15)22-19-13-16(21)9-10-18(19)20/h4-10,13,17,21H,2-3,11-12,14H2,1H3. The van der Waals surface area contributed by atoms with Crippen molar-refractivity contribution in [3.63, 3.8) is 0 Å². The van der Waals surface area contributed by atoms with Crippen molar-refractivity contribution >= 4 is 5.69 Å². The van der Waals surface area contributed by atoms with Crippen LogP contribution in [0.15, 0.2) is 48.5 Å². The summed E-state index contributed by atoms with van der Waals surface area (Å²) in [5.41, 5.74) is 2.38. The third-order valence-electron chi connectivity index (χ3n) is 4.09. The van der Waals surface area contributed by atoms with Crippen molar-refractivity contribution in [1.82, 2.24) is 0 Å². The molecule has 1 atom stereocenters. The van der Waals surface area contributed by atoms with Crippen LogP contribution in [0.3, 0.4) is 0 Å². The van der Waals surface area contributed by atoms with Crippen LogP contribution in [0.25, 0.3) is 0 Å². The molecule has 0 amide bonds. The molecule has 0 spiro atoms. The summed E-state index contributed by atoms with van der Waals surface area (Å²) in [5.74, 6) is 1.05. The highest BCUT2D eigenvalue weighted by molar-refractivity contribution is 5.62. The molecule has 1 aliphatic rings. The van der Waals surface area contributed by atoms with E-state index < -0.39 is 0 Å². The first-order valence-corrected chi connectivity index (χ1v) is 8.05. The molecular weight excluding hydrogens is 274 g/mol. The summed E-state index contributed by atoms with van der Waals surface area (Å²) in [7, 11) is 0. The Balaban J connectivity index is 1.80. The van der Waals surface area contributed by atoms with Gasteiger partial charge in [-0.25, -0.2) is 0 Å². The van der Waals surface area contributed by atoms with Crippen LogP contribution in [0.1, 0.15) is 25.3 Å². The molecule has 0 aliphatic carbocycles. The average Bonchev–Trinajstić information content (AvgIpc) is 2.53. The van der Waals surface area contributed by atoms with E-state index in [2.05, 4.69) is 36.1 Å². The summed E-state index contributed by atoms with van der Waals surface area (Å²) in [6.07, 6.45) is 3.35. The molecule has 0 bridgehead atoms. The van der Waals surface area contributed by atoms with Gasteiger partial charge in [0.05, 0.1) is 12.2 Å². The van der Waals surface area contributed by atoms with Crippen molar-refractivity contribution in [2.45, 2.75) is 32.3 Å². The van der Waals surface area contributed by atoms with Gasteiger partial charge in [0.1, 0.15) is 17.6 Å². The summed E-state index contributed by atoms with van der Waals surface area (Å²) in [5, 5.41) is 9.73.